The lowest BCUT2D eigenvalue weighted by molar-refractivity contribution is 0.134. The van der Waals surface area contributed by atoms with Crippen molar-refractivity contribution in [2.45, 2.75) is 65.1 Å². The summed E-state index contributed by atoms with van der Waals surface area (Å²) in [7, 11) is 0. The minimum atomic E-state index is 0. The van der Waals surface area contributed by atoms with Gasteiger partial charge >= 0.3 is 0 Å². The van der Waals surface area contributed by atoms with Crippen LogP contribution in [0.15, 0.2) is 39.8 Å². The number of hydrogen-bond donors (Lipinski definition) is 2. The Morgan fingerprint density at radius 3 is 2.77 bits per heavy atom. The van der Waals surface area contributed by atoms with Gasteiger partial charge in [0.15, 0.2) is 11.8 Å². The van der Waals surface area contributed by atoms with Gasteiger partial charge in [0, 0.05) is 44.7 Å². The number of nitrogens with zero attached hydrogens (tertiary/aromatic N) is 4. The SMILES string of the molecule is CCNC(=NCCCc1nc(C)no1)NC1CCN(Cc2ccccc2)C(C)C1.I. The molecule has 2 atom stereocenters. The van der Waals surface area contributed by atoms with Gasteiger partial charge in [0.05, 0.1) is 0 Å². The zero-order chi connectivity index (χ0) is 20.5. The van der Waals surface area contributed by atoms with E-state index in [-0.39, 0.29) is 24.0 Å². The van der Waals surface area contributed by atoms with Crippen LogP contribution >= 0.6 is 24.0 Å². The van der Waals surface area contributed by atoms with Crippen molar-refractivity contribution < 1.29 is 4.52 Å². The number of nitrogens with one attached hydrogen (secondary N) is 2. The van der Waals surface area contributed by atoms with Crippen LogP contribution in [0.2, 0.25) is 0 Å². The van der Waals surface area contributed by atoms with Gasteiger partial charge in [-0.1, -0.05) is 35.5 Å². The van der Waals surface area contributed by atoms with E-state index in [1.807, 2.05) is 6.92 Å². The van der Waals surface area contributed by atoms with Gasteiger partial charge in [-0.25, -0.2) is 0 Å². The van der Waals surface area contributed by atoms with Crippen LogP contribution < -0.4 is 10.6 Å². The number of benzene rings is 1. The van der Waals surface area contributed by atoms with Crippen LogP contribution in [-0.2, 0) is 13.0 Å². The molecule has 2 aromatic rings. The maximum atomic E-state index is 5.16. The predicted molar refractivity (Wildman–Crippen MR) is 131 cm³/mol. The summed E-state index contributed by atoms with van der Waals surface area (Å²) in [4.78, 5) is 11.5. The van der Waals surface area contributed by atoms with E-state index in [0.717, 1.165) is 57.8 Å². The molecule has 1 aliphatic heterocycles. The maximum absolute atomic E-state index is 5.16. The molecular formula is C22H35IN6O. The van der Waals surface area contributed by atoms with Crippen LogP contribution in [0.3, 0.4) is 0 Å². The van der Waals surface area contributed by atoms with Gasteiger partial charge in [0.2, 0.25) is 5.89 Å². The third-order valence-corrected chi connectivity index (χ3v) is 5.32. The number of piperidine rings is 1. The van der Waals surface area contributed by atoms with Gasteiger partial charge in [0.25, 0.3) is 0 Å². The third-order valence-electron chi connectivity index (χ3n) is 5.32. The molecule has 0 saturated carbocycles. The molecule has 1 aliphatic rings. The number of aliphatic imine (C=N–C) groups is 1. The Hall–Kier alpha value is -1.68. The van der Waals surface area contributed by atoms with E-state index in [1.165, 1.54) is 5.56 Å². The van der Waals surface area contributed by atoms with Crippen molar-refractivity contribution in [1.29, 1.82) is 0 Å². The lowest BCUT2D eigenvalue weighted by atomic mass is 9.97. The van der Waals surface area contributed by atoms with Crippen LogP contribution in [-0.4, -0.2) is 52.7 Å². The summed E-state index contributed by atoms with van der Waals surface area (Å²) >= 11 is 0. The molecular weight excluding hydrogens is 491 g/mol. The first-order valence-electron chi connectivity index (χ1n) is 10.8. The Morgan fingerprint density at radius 1 is 1.30 bits per heavy atom. The van der Waals surface area contributed by atoms with Gasteiger partial charge < -0.3 is 15.2 Å². The number of aryl methyl sites for hydroxylation is 2. The highest BCUT2D eigenvalue weighted by Gasteiger charge is 2.25. The van der Waals surface area contributed by atoms with Crippen LogP contribution in [0.1, 0.15) is 50.4 Å². The summed E-state index contributed by atoms with van der Waals surface area (Å²) in [6, 6.07) is 11.7. The molecule has 0 bridgehead atoms. The second-order valence-electron chi connectivity index (χ2n) is 7.77. The molecule has 1 fully saturated rings. The quantitative estimate of drug-likeness (QED) is 0.237. The topological polar surface area (TPSA) is 78.6 Å². The summed E-state index contributed by atoms with van der Waals surface area (Å²) in [5.74, 6) is 2.28. The monoisotopic (exact) mass is 526 g/mol. The smallest absolute Gasteiger partial charge is 0.226 e. The molecule has 166 valence electrons. The van der Waals surface area contributed by atoms with Gasteiger partial charge in [-0.15, -0.1) is 24.0 Å². The Morgan fingerprint density at radius 2 is 2.10 bits per heavy atom. The average molecular weight is 526 g/mol. The van der Waals surface area contributed by atoms with Crippen LogP contribution in [0, 0.1) is 6.92 Å². The molecule has 2 heterocycles. The largest absolute Gasteiger partial charge is 0.357 e. The molecule has 2 unspecified atom stereocenters. The second-order valence-corrected chi connectivity index (χ2v) is 7.77. The molecule has 8 heteroatoms. The van der Waals surface area contributed by atoms with Crippen molar-refractivity contribution in [2.75, 3.05) is 19.6 Å². The van der Waals surface area contributed by atoms with Crippen LogP contribution in [0.5, 0.6) is 0 Å². The first-order chi connectivity index (χ1) is 14.1. The molecule has 0 spiro atoms. The average Bonchev–Trinajstić information content (AvgIpc) is 3.13. The fourth-order valence-corrected chi connectivity index (χ4v) is 3.78. The number of aromatic nitrogens is 2. The highest BCUT2D eigenvalue weighted by molar-refractivity contribution is 14.0. The fourth-order valence-electron chi connectivity index (χ4n) is 3.78. The van der Waals surface area contributed by atoms with E-state index in [0.29, 0.717) is 23.8 Å². The van der Waals surface area contributed by atoms with Crippen molar-refractivity contribution >= 4 is 29.9 Å². The minimum Gasteiger partial charge on any atom is -0.357 e. The van der Waals surface area contributed by atoms with Gasteiger partial charge in [-0.05, 0) is 45.6 Å². The summed E-state index contributed by atoms with van der Waals surface area (Å²) in [5, 5.41) is 10.8. The molecule has 1 aromatic heterocycles. The summed E-state index contributed by atoms with van der Waals surface area (Å²) in [6.45, 7) is 9.99. The van der Waals surface area contributed by atoms with E-state index >= 15 is 0 Å². The van der Waals surface area contributed by atoms with Gasteiger partial charge in [-0.3, -0.25) is 9.89 Å². The van der Waals surface area contributed by atoms with Gasteiger partial charge in [-0.2, -0.15) is 4.98 Å². The molecule has 1 aromatic carbocycles. The summed E-state index contributed by atoms with van der Waals surface area (Å²) in [6.07, 6.45) is 3.91. The van der Waals surface area contributed by atoms with E-state index in [4.69, 9.17) is 9.52 Å². The van der Waals surface area contributed by atoms with E-state index < -0.39 is 0 Å². The highest BCUT2D eigenvalue weighted by atomic mass is 127. The number of guanidine groups is 1. The first kappa shape index (κ1) is 24.6. The normalized spacial score (nSPS) is 19.9. The molecule has 0 aliphatic carbocycles. The van der Waals surface area contributed by atoms with Gasteiger partial charge in [0.1, 0.15) is 0 Å². The van der Waals surface area contributed by atoms with Crippen LogP contribution in [0.25, 0.3) is 0 Å². The van der Waals surface area contributed by atoms with Crippen molar-refractivity contribution in [1.82, 2.24) is 25.7 Å². The Balaban J connectivity index is 0.00000320. The number of halogens is 1. The zero-order valence-electron chi connectivity index (χ0n) is 18.3. The van der Waals surface area contributed by atoms with E-state index in [9.17, 15) is 0 Å². The summed E-state index contributed by atoms with van der Waals surface area (Å²) in [5.41, 5.74) is 1.39. The molecule has 1 saturated heterocycles. The number of rotatable bonds is 8. The van der Waals surface area contributed by atoms with E-state index in [2.05, 4.69) is 69.9 Å². The Labute approximate surface area is 197 Å². The Bertz CT molecular complexity index is 766. The fraction of sp³-hybridized carbons (Fsp3) is 0.591. The van der Waals surface area contributed by atoms with E-state index in [1.54, 1.807) is 0 Å². The molecule has 3 rings (SSSR count). The summed E-state index contributed by atoms with van der Waals surface area (Å²) < 4.78 is 5.16. The standard InChI is InChI=1S/C22H34N6O.HI/c1-4-23-22(24-13-8-11-21-25-18(3)27-29-21)26-20-12-14-28(17(2)15-20)16-19-9-6-5-7-10-19;/h5-7,9-10,17,20H,4,8,11-16H2,1-3H3,(H2,23,24,26);1H. The Kier molecular flexibility index (Phi) is 10.6. The molecule has 2 N–H and O–H groups in total. The minimum absolute atomic E-state index is 0. The maximum Gasteiger partial charge on any atom is 0.226 e. The number of hydrogen-bond acceptors (Lipinski definition) is 5. The number of likely N-dealkylation sites (tertiary alicyclic amines) is 1. The first-order valence-corrected chi connectivity index (χ1v) is 10.8. The lowest BCUT2D eigenvalue weighted by Gasteiger charge is -2.38. The third kappa shape index (κ3) is 7.86. The second kappa shape index (κ2) is 12.9. The molecule has 0 radical (unpaired) electrons. The predicted octanol–water partition coefficient (Wildman–Crippen LogP) is 3.54. The molecule has 7 nitrogen and oxygen atoms in total. The molecule has 30 heavy (non-hydrogen) atoms. The van der Waals surface area contributed by atoms with Crippen molar-refractivity contribution in [3.63, 3.8) is 0 Å². The van der Waals surface area contributed by atoms with Crippen molar-refractivity contribution in [3.8, 4) is 0 Å². The van der Waals surface area contributed by atoms with Crippen LogP contribution in [0.4, 0.5) is 0 Å². The highest BCUT2D eigenvalue weighted by Crippen LogP contribution is 2.20. The van der Waals surface area contributed by atoms with Crippen molar-refractivity contribution in [2.24, 2.45) is 4.99 Å². The molecule has 0 amide bonds. The lowest BCUT2D eigenvalue weighted by Crippen LogP contribution is -2.51. The zero-order valence-corrected chi connectivity index (χ0v) is 20.6. The van der Waals surface area contributed by atoms with Crippen molar-refractivity contribution in [3.05, 3.63) is 47.6 Å².